The van der Waals surface area contributed by atoms with Gasteiger partial charge in [0.1, 0.15) is 5.70 Å². The van der Waals surface area contributed by atoms with E-state index in [1.165, 1.54) is 13.2 Å². The summed E-state index contributed by atoms with van der Waals surface area (Å²) in [5, 5.41) is 5.36. The maximum atomic E-state index is 12.9. The smallest absolute Gasteiger partial charge is 0.333 e. The molecule has 0 bridgehead atoms. The van der Waals surface area contributed by atoms with Crippen molar-refractivity contribution in [1.82, 2.24) is 5.32 Å². The molecule has 3 aromatic rings. The SMILES string of the molecule is COc1cccc(/C=C2/NC(=O)N(c3ccccc3)C2=O)c1OCC(=O)Nc1ccc(C)cc1. The summed E-state index contributed by atoms with van der Waals surface area (Å²) in [6.07, 6.45) is 1.50. The fourth-order valence-electron chi connectivity index (χ4n) is 3.44. The Balaban J connectivity index is 1.54. The molecule has 172 valence electrons. The molecule has 8 heteroatoms. The molecule has 4 rings (SSSR count). The van der Waals surface area contributed by atoms with Crippen LogP contribution in [0.4, 0.5) is 16.2 Å². The monoisotopic (exact) mass is 457 g/mol. The molecule has 0 radical (unpaired) electrons. The Morgan fingerprint density at radius 3 is 2.44 bits per heavy atom. The van der Waals surface area contributed by atoms with Crippen LogP contribution in [0.15, 0.2) is 78.5 Å². The van der Waals surface area contributed by atoms with Crippen molar-refractivity contribution in [2.24, 2.45) is 0 Å². The van der Waals surface area contributed by atoms with Crippen molar-refractivity contribution in [3.63, 3.8) is 0 Å². The first-order valence-corrected chi connectivity index (χ1v) is 10.5. The Bertz CT molecular complexity index is 1250. The number of carbonyl (C=O) groups excluding carboxylic acids is 3. The number of carbonyl (C=O) groups is 3. The lowest BCUT2D eigenvalue weighted by Gasteiger charge is -2.14. The summed E-state index contributed by atoms with van der Waals surface area (Å²) >= 11 is 0. The summed E-state index contributed by atoms with van der Waals surface area (Å²) in [6, 6.07) is 20.6. The first-order valence-electron chi connectivity index (χ1n) is 10.5. The molecule has 0 spiro atoms. The average Bonchev–Trinajstić information content (AvgIpc) is 3.12. The van der Waals surface area contributed by atoms with Crippen molar-refractivity contribution in [1.29, 1.82) is 0 Å². The van der Waals surface area contributed by atoms with Crippen molar-refractivity contribution >= 4 is 35.3 Å². The Hall–Kier alpha value is -4.59. The minimum atomic E-state index is -0.551. The van der Waals surface area contributed by atoms with E-state index >= 15 is 0 Å². The van der Waals surface area contributed by atoms with Gasteiger partial charge in [-0.25, -0.2) is 9.69 Å². The predicted molar refractivity (Wildman–Crippen MR) is 129 cm³/mol. The standard InChI is InChI=1S/C26H23N3O5/c1-17-11-13-19(14-12-17)27-23(30)16-34-24-18(7-6-10-22(24)33-2)15-21-25(31)29(26(32)28-21)20-8-4-3-5-9-20/h3-15H,16H2,1-2H3,(H,27,30)(H,28,32)/b21-15+. The molecule has 0 saturated carbocycles. The van der Waals surface area contributed by atoms with Gasteiger partial charge in [0, 0.05) is 11.3 Å². The number of methoxy groups -OCH3 is 1. The number of nitrogens with zero attached hydrogens (tertiary/aromatic N) is 1. The number of ether oxygens (including phenoxy) is 2. The van der Waals surface area contributed by atoms with Crippen LogP contribution >= 0.6 is 0 Å². The molecule has 1 aliphatic heterocycles. The van der Waals surface area contributed by atoms with Gasteiger partial charge in [-0.3, -0.25) is 9.59 Å². The van der Waals surface area contributed by atoms with Crippen molar-refractivity contribution in [2.45, 2.75) is 6.92 Å². The van der Waals surface area contributed by atoms with Crippen LogP contribution in [-0.2, 0) is 9.59 Å². The van der Waals surface area contributed by atoms with E-state index in [-0.39, 0.29) is 24.0 Å². The molecule has 1 heterocycles. The summed E-state index contributed by atoms with van der Waals surface area (Å²) in [5.74, 6) is -0.193. The van der Waals surface area contributed by atoms with Gasteiger partial charge in [0.2, 0.25) is 0 Å². The fraction of sp³-hybridized carbons (Fsp3) is 0.115. The second-order valence-electron chi connectivity index (χ2n) is 7.55. The summed E-state index contributed by atoms with van der Waals surface area (Å²) in [7, 11) is 1.48. The Morgan fingerprint density at radius 1 is 1.00 bits per heavy atom. The van der Waals surface area contributed by atoms with E-state index < -0.39 is 11.9 Å². The van der Waals surface area contributed by atoms with Crippen LogP contribution in [0, 0.1) is 6.92 Å². The molecule has 8 nitrogen and oxygen atoms in total. The number of rotatable bonds is 7. The van der Waals surface area contributed by atoms with E-state index in [4.69, 9.17) is 9.47 Å². The van der Waals surface area contributed by atoms with Crippen LogP contribution in [0.3, 0.4) is 0 Å². The quantitative estimate of drug-likeness (QED) is 0.411. The van der Waals surface area contributed by atoms with Crippen LogP contribution in [0.25, 0.3) is 6.08 Å². The van der Waals surface area contributed by atoms with E-state index in [2.05, 4.69) is 10.6 Å². The van der Waals surface area contributed by atoms with Gasteiger partial charge in [-0.15, -0.1) is 0 Å². The van der Waals surface area contributed by atoms with Crippen molar-refractivity contribution < 1.29 is 23.9 Å². The number of hydrogen-bond acceptors (Lipinski definition) is 5. The third-order valence-electron chi connectivity index (χ3n) is 5.10. The highest BCUT2D eigenvalue weighted by Crippen LogP contribution is 2.33. The number of anilines is 2. The summed E-state index contributed by atoms with van der Waals surface area (Å²) in [5.41, 5.74) is 2.75. The number of imide groups is 1. The molecule has 3 aromatic carbocycles. The summed E-state index contributed by atoms with van der Waals surface area (Å²) in [6.45, 7) is 1.68. The minimum Gasteiger partial charge on any atom is -0.493 e. The van der Waals surface area contributed by atoms with Gasteiger partial charge in [0.05, 0.1) is 12.8 Å². The van der Waals surface area contributed by atoms with Crippen LogP contribution in [0.1, 0.15) is 11.1 Å². The highest BCUT2D eigenvalue weighted by molar-refractivity contribution is 6.28. The molecule has 0 unspecified atom stereocenters. The lowest BCUT2D eigenvalue weighted by atomic mass is 10.1. The zero-order valence-corrected chi connectivity index (χ0v) is 18.7. The molecule has 1 saturated heterocycles. The Kier molecular flexibility index (Phi) is 6.59. The number of urea groups is 1. The summed E-state index contributed by atoms with van der Waals surface area (Å²) < 4.78 is 11.2. The second-order valence-corrected chi connectivity index (χ2v) is 7.55. The molecule has 2 N–H and O–H groups in total. The average molecular weight is 457 g/mol. The van der Waals surface area contributed by atoms with Gasteiger partial charge >= 0.3 is 6.03 Å². The molecule has 1 fully saturated rings. The number of amides is 4. The van der Waals surface area contributed by atoms with Gasteiger partial charge < -0.3 is 20.1 Å². The third kappa shape index (κ3) is 4.91. The van der Waals surface area contributed by atoms with Crippen LogP contribution in [0.5, 0.6) is 11.5 Å². The zero-order chi connectivity index (χ0) is 24.1. The first kappa shape index (κ1) is 22.6. The van der Waals surface area contributed by atoms with E-state index in [9.17, 15) is 14.4 Å². The molecule has 0 aliphatic carbocycles. The first-order chi connectivity index (χ1) is 16.5. The lowest BCUT2D eigenvalue weighted by Crippen LogP contribution is -2.30. The van der Waals surface area contributed by atoms with Crippen LogP contribution in [-0.4, -0.2) is 31.6 Å². The Morgan fingerprint density at radius 2 is 1.74 bits per heavy atom. The molecule has 0 aromatic heterocycles. The molecular weight excluding hydrogens is 434 g/mol. The fourth-order valence-corrected chi connectivity index (χ4v) is 3.44. The number of aryl methyl sites for hydroxylation is 1. The number of nitrogens with one attached hydrogen (secondary N) is 2. The lowest BCUT2D eigenvalue weighted by molar-refractivity contribution is -0.118. The topological polar surface area (TPSA) is 97.0 Å². The van der Waals surface area contributed by atoms with Crippen molar-refractivity contribution in [2.75, 3.05) is 23.9 Å². The molecule has 1 aliphatic rings. The number of benzene rings is 3. The van der Waals surface area contributed by atoms with Gasteiger partial charge in [-0.05, 0) is 43.3 Å². The highest BCUT2D eigenvalue weighted by atomic mass is 16.5. The van der Waals surface area contributed by atoms with Crippen LogP contribution < -0.4 is 25.0 Å². The molecule has 34 heavy (non-hydrogen) atoms. The van der Waals surface area contributed by atoms with E-state index in [0.717, 1.165) is 10.5 Å². The van der Waals surface area contributed by atoms with E-state index in [0.29, 0.717) is 22.7 Å². The van der Waals surface area contributed by atoms with Gasteiger partial charge in [-0.2, -0.15) is 0 Å². The van der Waals surface area contributed by atoms with Crippen LogP contribution in [0.2, 0.25) is 0 Å². The van der Waals surface area contributed by atoms with Crippen molar-refractivity contribution in [3.05, 3.63) is 89.6 Å². The molecular formula is C26H23N3O5. The van der Waals surface area contributed by atoms with E-state index in [1.807, 2.05) is 19.1 Å². The highest BCUT2D eigenvalue weighted by Gasteiger charge is 2.35. The van der Waals surface area contributed by atoms with Gasteiger partial charge in [-0.1, -0.05) is 48.0 Å². The van der Waals surface area contributed by atoms with Gasteiger partial charge in [0.15, 0.2) is 18.1 Å². The summed E-state index contributed by atoms with van der Waals surface area (Å²) in [4.78, 5) is 38.8. The number of hydrogen-bond donors (Lipinski definition) is 2. The normalized spacial score (nSPS) is 14.2. The maximum Gasteiger partial charge on any atom is 0.333 e. The molecule has 4 amide bonds. The van der Waals surface area contributed by atoms with Crippen molar-refractivity contribution in [3.8, 4) is 11.5 Å². The predicted octanol–water partition coefficient (Wildman–Crippen LogP) is 4.12. The largest absolute Gasteiger partial charge is 0.493 e. The maximum absolute atomic E-state index is 12.9. The zero-order valence-electron chi connectivity index (χ0n) is 18.7. The number of para-hydroxylation sites is 2. The van der Waals surface area contributed by atoms with Gasteiger partial charge in [0.25, 0.3) is 11.8 Å². The van der Waals surface area contributed by atoms with E-state index in [1.54, 1.807) is 60.7 Å². The Labute approximate surface area is 196 Å². The third-order valence-corrected chi connectivity index (χ3v) is 5.10. The minimum absolute atomic E-state index is 0.0797. The molecule has 0 atom stereocenters. The second kappa shape index (κ2) is 9.91.